The molecule has 1 N–H and O–H groups in total. The van der Waals surface area contributed by atoms with Crippen LogP contribution in [-0.4, -0.2) is 56.3 Å². The van der Waals surface area contributed by atoms with Gasteiger partial charge in [0.15, 0.2) is 0 Å². The lowest BCUT2D eigenvalue weighted by Crippen LogP contribution is -2.54. The van der Waals surface area contributed by atoms with Crippen molar-refractivity contribution in [2.24, 2.45) is 5.92 Å². The highest BCUT2D eigenvalue weighted by molar-refractivity contribution is 4.88. The fourth-order valence-electron chi connectivity index (χ4n) is 2.73. The molecule has 1 heterocycles. The first-order valence-electron chi connectivity index (χ1n) is 7.39. The quantitative estimate of drug-likeness (QED) is 0.690. The standard InChI is InChI=1S/C14H28F2N2O/c1-4-6-17-13-5-7-18(12(3)11(13)2)8-9-19-10-14(15)16/h11-14,17H,4-10H2,1-3H3. The molecule has 1 aliphatic rings. The molecule has 1 rings (SSSR count). The topological polar surface area (TPSA) is 24.5 Å². The van der Waals surface area contributed by atoms with Crippen molar-refractivity contribution in [1.82, 2.24) is 10.2 Å². The normalized spacial score (nSPS) is 29.1. The summed E-state index contributed by atoms with van der Waals surface area (Å²) in [5.74, 6) is 0.579. The fourth-order valence-corrected chi connectivity index (χ4v) is 2.73. The van der Waals surface area contributed by atoms with Gasteiger partial charge < -0.3 is 10.1 Å². The molecule has 0 radical (unpaired) electrons. The average molecular weight is 278 g/mol. The lowest BCUT2D eigenvalue weighted by atomic mass is 9.87. The van der Waals surface area contributed by atoms with Crippen molar-refractivity contribution in [3.05, 3.63) is 0 Å². The van der Waals surface area contributed by atoms with Crippen molar-refractivity contribution >= 4 is 0 Å². The second-order valence-corrected chi connectivity index (χ2v) is 5.45. The van der Waals surface area contributed by atoms with Crippen LogP contribution < -0.4 is 5.32 Å². The number of nitrogens with one attached hydrogen (secondary N) is 1. The van der Waals surface area contributed by atoms with Crippen LogP contribution in [0.5, 0.6) is 0 Å². The number of halogens is 2. The van der Waals surface area contributed by atoms with Gasteiger partial charge in [-0.25, -0.2) is 8.78 Å². The highest BCUT2D eigenvalue weighted by atomic mass is 19.3. The smallest absolute Gasteiger partial charge is 0.261 e. The Morgan fingerprint density at radius 2 is 2.11 bits per heavy atom. The molecule has 0 aromatic rings. The molecule has 0 aliphatic carbocycles. The van der Waals surface area contributed by atoms with E-state index in [1.54, 1.807) is 0 Å². The Bertz CT molecular complexity index is 241. The van der Waals surface area contributed by atoms with Crippen LogP contribution in [0.4, 0.5) is 8.78 Å². The van der Waals surface area contributed by atoms with Gasteiger partial charge in [0.2, 0.25) is 0 Å². The molecule has 1 aliphatic heterocycles. The van der Waals surface area contributed by atoms with Gasteiger partial charge in [0.05, 0.1) is 6.61 Å². The van der Waals surface area contributed by atoms with Crippen LogP contribution in [-0.2, 0) is 4.74 Å². The zero-order valence-electron chi connectivity index (χ0n) is 12.4. The van der Waals surface area contributed by atoms with Crippen LogP contribution in [0.3, 0.4) is 0 Å². The molecule has 3 atom stereocenters. The highest BCUT2D eigenvalue weighted by Gasteiger charge is 2.31. The number of piperidine rings is 1. The van der Waals surface area contributed by atoms with Crippen molar-refractivity contribution in [3.63, 3.8) is 0 Å². The van der Waals surface area contributed by atoms with Crippen LogP contribution in [0.15, 0.2) is 0 Å². The molecule has 0 aromatic carbocycles. The summed E-state index contributed by atoms with van der Waals surface area (Å²) in [7, 11) is 0. The summed E-state index contributed by atoms with van der Waals surface area (Å²) in [5, 5.41) is 3.60. The molecule has 0 saturated carbocycles. The largest absolute Gasteiger partial charge is 0.374 e. The van der Waals surface area contributed by atoms with Crippen molar-refractivity contribution in [2.75, 3.05) is 32.8 Å². The Morgan fingerprint density at radius 1 is 1.37 bits per heavy atom. The SMILES string of the molecule is CCCNC1CCN(CCOCC(F)F)C(C)C1C. The first kappa shape index (κ1) is 16.8. The van der Waals surface area contributed by atoms with E-state index in [0.717, 1.165) is 32.5 Å². The minimum Gasteiger partial charge on any atom is -0.374 e. The van der Waals surface area contributed by atoms with E-state index in [4.69, 9.17) is 4.74 Å². The van der Waals surface area contributed by atoms with E-state index in [1.807, 2.05) is 0 Å². The van der Waals surface area contributed by atoms with Crippen LogP contribution in [0, 0.1) is 5.92 Å². The lowest BCUT2D eigenvalue weighted by molar-refractivity contribution is -0.00357. The van der Waals surface area contributed by atoms with Crippen LogP contribution >= 0.6 is 0 Å². The van der Waals surface area contributed by atoms with Crippen molar-refractivity contribution in [3.8, 4) is 0 Å². The molecular weight excluding hydrogens is 250 g/mol. The minimum absolute atomic E-state index is 0.397. The van der Waals surface area contributed by atoms with Gasteiger partial charge in [-0.2, -0.15) is 0 Å². The van der Waals surface area contributed by atoms with E-state index in [2.05, 4.69) is 31.0 Å². The number of alkyl halides is 2. The molecular formula is C14H28F2N2O. The van der Waals surface area contributed by atoms with Crippen LogP contribution in [0.2, 0.25) is 0 Å². The predicted molar refractivity (Wildman–Crippen MR) is 73.7 cm³/mol. The van der Waals surface area contributed by atoms with Gasteiger partial charge in [-0.1, -0.05) is 13.8 Å². The van der Waals surface area contributed by atoms with Gasteiger partial charge >= 0.3 is 0 Å². The molecule has 19 heavy (non-hydrogen) atoms. The van der Waals surface area contributed by atoms with E-state index in [9.17, 15) is 8.78 Å². The molecule has 3 nitrogen and oxygen atoms in total. The molecule has 1 saturated heterocycles. The number of likely N-dealkylation sites (tertiary alicyclic amines) is 1. The lowest BCUT2D eigenvalue weighted by Gasteiger charge is -2.43. The van der Waals surface area contributed by atoms with E-state index < -0.39 is 13.0 Å². The molecule has 0 spiro atoms. The summed E-state index contributed by atoms with van der Waals surface area (Å²) >= 11 is 0. The van der Waals surface area contributed by atoms with Crippen molar-refractivity contribution in [1.29, 1.82) is 0 Å². The fraction of sp³-hybridized carbons (Fsp3) is 1.00. The molecule has 0 aromatic heterocycles. The van der Waals surface area contributed by atoms with Gasteiger partial charge in [-0.3, -0.25) is 4.90 Å². The average Bonchev–Trinajstić information content (AvgIpc) is 2.38. The van der Waals surface area contributed by atoms with Gasteiger partial charge in [0, 0.05) is 25.2 Å². The Balaban J connectivity index is 2.27. The maximum Gasteiger partial charge on any atom is 0.261 e. The molecule has 5 heteroatoms. The van der Waals surface area contributed by atoms with E-state index in [-0.39, 0.29) is 0 Å². The second-order valence-electron chi connectivity index (χ2n) is 5.45. The van der Waals surface area contributed by atoms with Crippen LogP contribution in [0.25, 0.3) is 0 Å². The summed E-state index contributed by atoms with van der Waals surface area (Å²) in [4.78, 5) is 2.35. The maximum atomic E-state index is 12.0. The third-order valence-electron chi connectivity index (χ3n) is 4.12. The highest BCUT2D eigenvalue weighted by Crippen LogP contribution is 2.23. The first-order valence-corrected chi connectivity index (χ1v) is 7.39. The summed E-state index contributed by atoms with van der Waals surface area (Å²) < 4.78 is 28.9. The zero-order chi connectivity index (χ0) is 14.3. The number of rotatable bonds is 8. The number of hydrogen-bond donors (Lipinski definition) is 1. The van der Waals surface area contributed by atoms with Gasteiger partial charge in [-0.05, 0) is 32.2 Å². The third-order valence-corrected chi connectivity index (χ3v) is 4.12. The maximum absolute atomic E-state index is 12.0. The monoisotopic (exact) mass is 278 g/mol. The summed E-state index contributed by atoms with van der Waals surface area (Å²) in [6, 6.07) is 1.05. The van der Waals surface area contributed by atoms with Crippen molar-refractivity contribution in [2.45, 2.75) is 52.1 Å². The Labute approximate surface area is 115 Å². The molecule has 3 unspecified atom stereocenters. The van der Waals surface area contributed by atoms with E-state index >= 15 is 0 Å². The summed E-state index contributed by atoms with van der Waals surface area (Å²) in [5.41, 5.74) is 0. The Kier molecular flexibility index (Phi) is 7.80. The van der Waals surface area contributed by atoms with Crippen LogP contribution in [0.1, 0.15) is 33.6 Å². The molecule has 0 amide bonds. The predicted octanol–water partition coefficient (Wildman–Crippen LogP) is 2.37. The zero-order valence-corrected chi connectivity index (χ0v) is 12.4. The molecule has 0 bridgehead atoms. The van der Waals surface area contributed by atoms with Gasteiger partial charge in [0.25, 0.3) is 6.43 Å². The van der Waals surface area contributed by atoms with Gasteiger partial charge in [-0.15, -0.1) is 0 Å². The first-order chi connectivity index (χ1) is 9.06. The molecule has 1 fully saturated rings. The Morgan fingerprint density at radius 3 is 2.74 bits per heavy atom. The Hall–Kier alpha value is -0.260. The van der Waals surface area contributed by atoms with Crippen molar-refractivity contribution < 1.29 is 13.5 Å². The number of nitrogens with zero attached hydrogens (tertiary/aromatic N) is 1. The third kappa shape index (κ3) is 5.71. The second kappa shape index (κ2) is 8.82. The number of ether oxygens (including phenoxy) is 1. The molecule has 114 valence electrons. The summed E-state index contributed by atoms with van der Waals surface area (Å²) in [6.45, 7) is 9.45. The number of hydrogen-bond acceptors (Lipinski definition) is 3. The minimum atomic E-state index is -2.36. The van der Waals surface area contributed by atoms with E-state index in [1.165, 1.54) is 0 Å². The summed E-state index contributed by atoms with van der Waals surface area (Å²) in [6.07, 6.45) is -0.0799. The van der Waals surface area contributed by atoms with Gasteiger partial charge in [0.1, 0.15) is 6.61 Å². The van der Waals surface area contributed by atoms with E-state index in [0.29, 0.717) is 24.6 Å².